The molecule has 1 saturated heterocycles. The fourth-order valence-corrected chi connectivity index (χ4v) is 6.34. The summed E-state index contributed by atoms with van der Waals surface area (Å²) in [5.74, 6) is 1.70. The van der Waals surface area contributed by atoms with Gasteiger partial charge in [0.25, 0.3) is 5.91 Å². The van der Waals surface area contributed by atoms with Crippen molar-refractivity contribution in [1.82, 2.24) is 8.87 Å². The van der Waals surface area contributed by atoms with Crippen molar-refractivity contribution in [2.45, 2.75) is 59.8 Å². The Labute approximate surface area is 212 Å². The number of aromatic nitrogens is 1. The number of carbonyl (C=O) groups excluding carboxylic acids is 2. The number of benzene rings is 1. The molecule has 1 N–H and O–H groups in total. The van der Waals surface area contributed by atoms with Gasteiger partial charge in [-0.25, -0.2) is 4.21 Å². The summed E-state index contributed by atoms with van der Waals surface area (Å²) in [5, 5.41) is 8.04. The van der Waals surface area contributed by atoms with Crippen molar-refractivity contribution < 1.29 is 23.6 Å². The molecule has 2 heterocycles. The van der Waals surface area contributed by atoms with Gasteiger partial charge in [0.05, 0.1) is 12.1 Å². The molecule has 2 atom stereocenters. The average molecular weight is 507 g/mol. The van der Waals surface area contributed by atoms with Crippen molar-refractivity contribution in [3.8, 4) is 0 Å². The Morgan fingerprint density at radius 2 is 1.86 bits per heavy atom. The van der Waals surface area contributed by atoms with E-state index in [4.69, 9.17) is 9.84 Å². The molecule has 1 aromatic carbocycles. The highest BCUT2D eigenvalue weighted by atomic mass is 32.2. The maximum absolute atomic E-state index is 13.0. The van der Waals surface area contributed by atoms with Gasteiger partial charge in [-0.2, -0.15) is 0 Å². The van der Waals surface area contributed by atoms with E-state index >= 15 is 0 Å². The van der Waals surface area contributed by atoms with Crippen molar-refractivity contribution in [1.29, 1.82) is 0 Å². The van der Waals surface area contributed by atoms with Crippen LogP contribution in [0.25, 0.3) is 10.9 Å². The third-order valence-corrected chi connectivity index (χ3v) is 8.26. The molecule has 2 unspecified atom stereocenters. The highest BCUT2D eigenvalue weighted by Gasteiger charge is 2.32. The Morgan fingerprint density at radius 3 is 2.46 bits per heavy atom. The number of amides is 1. The summed E-state index contributed by atoms with van der Waals surface area (Å²) in [6.07, 6.45) is 5.99. The van der Waals surface area contributed by atoms with Gasteiger partial charge in [-0.1, -0.05) is 20.8 Å². The lowest BCUT2D eigenvalue weighted by molar-refractivity contribution is -0.108. The molecule has 1 fully saturated rings. The van der Waals surface area contributed by atoms with E-state index in [1.165, 1.54) is 11.3 Å². The molecule has 4 rings (SSSR count). The summed E-state index contributed by atoms with van der Waals surface area (Å²) in [6.45, 7) is 10.1. The maximum Gasteiger partial charge on any atom is 0.254 e. The molecule has 0 spiro atoms. The minimum absolute atomic E-state index is 0.0954. The predicted molar refractivity (Wildman–Crippen MR) is 142 cm³/mol. The van der Waals surface area contributed by atoms with Crippen LogP contribution in [0.1, 0.15) is 68.6 Å². The Balaban J connectivity index is 0.00000103. The van der Waals surface area contributed by atoms with Gasteiger partial charge in [-0.3, -0.25) is 8.77 Å². The normalized spacial score (nSPS) is 18.4. The minimum Gasteiger partial charge on any atom is -0.400 e. The largest absolute Gasteiger partial charge is 0.400 e. The monoisotopic (exact) mass is 506 g/mol. The number of likely N-dealkylation sites (N-methyl/N-ethyl adjacent to an activating group) is 1. The van der Waals surface area contributed by atoms with Gasteiger partial charge in [0, 0.05) is 49.3 Å². The summed E-state index contributed by atoms with van der Waals surface area (Å²) in [6, 6.07) is 5.70. The zero-order valence-electron chi connectivity index (χ0n) is 21.9. The number of fused-ring (bicyclic) bond motifs is 3. The Morgan fingerprint density at radius 1 is 1.17 bits per heavy atom. The second-order valence-corrected chi connectivity index (χ2v) is 10.1. The van der Waals surface area contributed by atoms with Gasteiger partial charge in [-0.15, -0.1) is 0 Å². The number of aliphatic hydroxyl groups is 1. The highest BCUT2D eigenvalue weighted by molar-refractivity contribution is 7.83. The fourth-order valence-electron chi connectivity index (χ4n) is 5.26. The van der Waals surface area contributed by atoms with Crippen molar-refractivity contribution in [2.75, 3.05) is 39.2 Å². The van der Waals surface area contributed by atoms with Crippen LogP contribution in [-0.2, 0) is 33.4 Å². The Bertz CT molecular complexity index is 997. The summed E-state index contributed by atoms with van der Waals surface area (Å²) >= 11 is 0. The molecule has 0 saturated carbocycles. The number of aliphatic hydroxyl groups excluding tert-OH is 1. The first-order valence-corrected chi connectivity index (χ1v) is 14.2. The van der Waals surface area contributed by atoms with Crippen LogP contribution in [0.4, 0.5) is 0 Å². The van der Waals surface area contributed by atoms with Crippen molar-refractivity contribution in [2.24, 2.45) is 11.8 Å². The lowest BCUT2D eigenvalue weighted by Gasteiger charge is -2.33. The van der Waals surface area contributed by atoms with Gasteiger partial charge >= 0.3 is 0 Å². The zero-order chi connectivity index (χ0) is 26.0. The maximum atomic E-state index is 13.0. The molecule has 0 bridgehead atoms. The van der Waals surface area contributed by atoms with Crippen LogP contribution >= 0.6 is 0 Å². The van der Waals surface area contributed by atoms with Crippen LogP contribution in [0.15, 0.2) is 18.2 Å². The number of carbonyl (C=O) groups is 2. The molecular formula is C27H42N2O5S. The van der Waals surface area contributed by atoms with E-state index in [1.54, 1.807) is 4.90 Å². The standard InChI is InChI=1S/C24H32N2O4S.C2H6.CH4O/c1-3-25(11-12-27)24(28)19-6-8-23-21(16-19)20-15-18(17-9-13-30-14-10-17)5-7-22(20)26(23)31(29)4-2;2*1-2/h6,8,12,16-18H,3-5,7,9-11,13-15H2,1-2H3;1-2H3;2H,1H3. The molecule has 196 valence electrons. The average Bonchev–Trinajstić information content (AvgIpc) is 3.26. The van der Waals surface area contributed by atoms with Gasteiger partial charge in [0.1, 0.15) is 17.3 Å². The molecule has 8 heteroatoms. The van der Waals surface area contributed by atoms with Crippen LogP contribution in [0.3, 0.4) is 0 Å². The van der Waals surface area contributed by atoms with Crippen LogP contribution < -0.4 is 0 Å². The second kappa shape index (κ2) is 14.5. The third kappa shape index (κ3) is 6.40. The first-order chi connectivity index (χ1) is 17.1. The van der Waals surface area contributed by atoms with Gasteiger partial charge < -0.3 is 19.5 Å². The molecule has 1 amide bonds. The SMILES string of the molecule is CC.CCN(CC=O)C(=O)c1ccc2c(c1)c1c(n2S(=O)CC)CCC(C2CCOCC2)C1.CO. The molecule has 1 aliphatic carbocycles. The van der Waals surface area contributed by atoms with Gasteiger partial charge in [0.2, 0.25) is 0 Å². The summed E-state index contributed by atoms with van der Waals surface area (Å²) in [4.78, 5) is 25.5. The predicted octanol–water partition coefficient (Wildman–Crippen LogP) is 4.00. The lowest BCUT2D eigenvalue weighted by Crippen LogP contribution is -2.32. The summed E-state index contributed by atoms with van der Waals surface area (Å²) in [5.41, 5.74) is 3.97. The van der Waals surface area contributed by atoms with E-state index in [2.05, 4.69) is 0 Å². The van der Waals surface area contributed by atoms with Crippen molar-refractivity contribution >= 4 is 34.1 Å². The zero-order valence-corrected chi connectivity index (χ0v) is 22.7. The summed E-state index contributed by atoms with van der Waals surface area (Å²) < 4.78 is 20.5. The van der Waals surface area contributed by atoms with E-state index in [9.17, 15) is 13.8 Å². The van der Waals surface area contributed by atoms with Crippen LogP contribution in [-0.4, -0.2) is 69.5 Å². The van der Waals surface area contributed by atoms with Crippen molar-refractivity contribution in [3.63, 3.8) is 0 Å². The van der Waals surface area contributed by atoms with E-state index < -0.39 is 11.0 Å². The van der Waals surface area contributed by atoms with E-state index in [0.29, 0.717) is 29.7 Å². The summed E-state index contributed by atoms with van der Waals surface area (Å²) in [7, 11) is -0.115. The quantitative estimate of drug-likeness (QED) is 0.574. The fraction of sp³-hybridized carbons (Fsp3) is 0.630. The third-order valence-electron chi connectivity index (χ3n) is 6.95. The topological polar surface area (TPSA) is 88.8 Å². The molecule has 7 nitrogen and oxygen atoms in total. The highest BCUT2D eigenvalue weighted by Crippen LogP contribution is 2.40. The number of hydrogen-bond acceptors (Lipinski definition) is 5. The van der Waals surface area contributed by atoms with Crippen molar-refractivity contribution in [3.05, 3.63) is 35.0 Å². The smallest absolute Gasteiger partial charge is 0.254 e. The van der Waals surface area contributed by atoms with E-state index in [0.717, 1.165) is 69.6 Å². The molecule has 1 aromatic heterocycles. The Hall–Kier alpha value is -2.03. The number of ether oxygens (including phenoxy) is 1. The number of rotatable bonds is 7. The van der Waals surface area contributed by atoms with Crippen LogP contribution in [0.2, 0.25) is 0 Å². The molecule has 2 aromatic rings. The van der Waals surface area contributed by atoms with Crippen LogP contribution in [0.5, 0.6) is 0 Å². The minimum atomic E-state index is -1.11. The molecule has 2 aliphatic rings. The molecule has 1 aliphatic heterocycles. The van der Waals surface area contributed by atoms with Crippen LogP contribution in [0, 0.1) is 11.8 Å². The number of hydrogen-bond donors (Lipinski definition) is 1. The second-order valence-electron chi connectivity index (χ2n) is 8.52. The van der Waals surface area contributed by atoms with E-state index in [1.807, 2.05) is 49.9 Å². The molecule has 35 heavy (non-hydrogen) atoms. The van der Waals surface area contributed by atoms with E-state index in [-0.39, 0.29) is 12.5 Å². The Kier molecular flexibility index (Phi) is 12.1. The van der Waals surface area contributed by atoms with Gasteiger partial charge in [0.15, 0.2) is 0 Å². The first-order valence-electron chi connectivity index (χ1n) is 12.9. The number of aldehydes is 1. The van der Waals surface area contributed by atoms with Gasteiger partial charge in [-0.05, 0) is 74.6 Å². The lowest BCUT2D eigenvalue weighted by atomic mass is 9.75. The first kappa shape index (κ1) is 29.2. The number of nitrogens with zero attached hydrogens (tertiary/aromatic N) is 2. The molecular weight excluding hydrogens is 464 g/mol. The molecule has 0 radical (unpaired) electrons.